The summed E-state index contributed by atoms with van der Waals surface area (Å²) in [5.74, 6) is -0.0766. The van der Waals surface area contributed by atoms with Crippen LogP contribution in [0.4, 0.5) is 0 Å². The number of rotatable bonds is 4. The molecule has 0 bridgehead atoms. The van der Waals surface area contributed by atoms with Crippen molar-refractivity contribution in [2.75, 3.05) is 0 Å². The lowest BCUT2D eigenvalue weighted by Gasteiger charge is -2.00. The zero-order chi connectivity index (χ0) is 13.1. The second-order valence-electron chi connectivity index (χ2n) is 4.20. The van der Waals surface area contributed by atoms with E-state index in [4.69, 9.17) is 0 Å². The molecular formula is C13H13NO2S2. The summed E-state index contributed by atoms with van der Waals surface area (Å²) in [6.45, 7) is 3.67. The van der Waals surface area contributed by atoms with Gasteiger partial charge in [0.05, 0.1) is 4.92 Å². The molecule has 0 fully saturated rings. The topological polar surface area (TPSA) is 43.1 Å². The van der Waals surface area contributed by atoms with Crippen LogP contribution < -0.4 is 0 Å². The molecule has 2 aromatic rings. The summed E-state index contributed by atoms with van der Waals surface area (Å²) in [5, 5.41) is 15.0. The van der Waals surface area contributed by atoms with E-state index in [0.717, 1.165) is 10.4 Å². The van der Waals surface area contributed by atoms with E-state index in [1.54, 1.807) is 17.4 Å². The molecule has 0 aliphatic rings. The molecule has 0 aliphatic carbocycles. The summed E-state index contributed by atoms with van der Waals surface area (Å²) in [4.78, 5) is 12.8. The van der Waals surface area contributed by atoms with Crippen molar-refractivity contribution in [3.8, 4) is 10.4 Å². The maximum atomic E-state index is 10.9. The Hall–Kier alpha value is -1.46. The Morgan fingerprint density at radius 1 is 1.44 bits per heavy atom. The minimum absolute atomic E-state index is 0.0766. The van der Waals surface area contributed by atoms with Crippen LogP contribution in [0.2, 0.25) is 0 Å². The van der Waals surface area contributed by atoms with Gasteiger partial charge in [-0.05, 0) is 22.9 Å². The molecule has 0 amide bonds. The third kappa shape index (κ3) is 2.86. The number of nitro groups is 1. The molecule has 0 aromatic carbocycles. The summed E-state index contributed by atoms with van der Waals surface area (Å²) in [7, 11) is 0. The highest BCUT2D eigenvalue weighted by Gasteiger charge is 2.16. The van der Waals surface area contributed by atoms with E-state index in [2.05, 4.69) is 6.07 Å². The van der Waals surface area contributed by atoms with E-state index in [0.29, 0.717) is 0 Å². The van der Waals surface area contributed by atoms with Gasteiger partial charge in [-0.15, -0.1) is 22.7 Å². The number of nitrogens with zero attached hydrogens (tertiary/aromatic N) is 1. The molecule has 5 heteroatoms. The van der Waals surface area contributed by atoms with E-state index in [9.17, 15) is 10.1 Å². The Morgan fingerprint density at radius 3 is 2.78 bits per heavy atom. The molecule has 2 aromatic heterocycles. The molecule has 94 valence electrons. The van der Waals surface area contributed by atoms with Crippen LogP contribution >= 0.6 is 22.7 Å². The third-order valence-corrected chi connectivity index (χ3v) is 4.32. The van der Waals surface area contributed by atoms with Gasteiger partial charge in [0.1, 0.15) is 0 Å². The maximum Gasteiger partial charge on any atom is 0.250 e. The van der Waals surface area contributed by atoms with Gasteiger partial charge in [-0.2, -0.15) is 0 Å². The third-order valence-electron chi connectivity index (χ3n) is 2.52. The van der Waals surface area contributed by atoms with Gasteiger partial charge in [0, 0.05) is 27.3 Å². The predicted octanol–water partition coefficient (Wildman–Crippen LogP) is 4.75. The first kappa shape index (κ1) is 13.0. The molecule has 3 nitrogen and oxygen atoms in total. The van der Waals surface area contributed by atoms with Crippen LogP contribution in [0.5, 0.6) is 0 Å². The van der Waals surface area contributed by atoms with Crippen molar-refractivity contribution in [1.82, 2.24) is 0 Å². The maximum absolute atomic E-state index is 10.9. The zero-order valence-electron chi connectivity index (χ0n) is 10.1. The second kappa shape index (κ2) is 5.46. The normalized spacial score (nSPS) is 12.1. The molecule has 0 atom stereocenters. The first-order chi connectivity index (χ1) is 8.58. The van der Waals surface area contributed by atoms with Crippen LogP contribution in [0.3, 0.4) is 0 Å². The van der Waals surface area contributed by atoms with E-state index in [1.807, 2.05) is 36.7 Å². The highest BCUT2D eigenvalue weighted by atomic mass is 32.1. The second-order valence-corrected chi connectivity index (χ2v) is 6.09. The van der Waals surface area contributed by atoms with Gasteiger partial charge >= 0.3 is 0 Å². The van der Waals surface area contributed by atoms with Crippen LogP contribution in [0.15, 0.2) is 34.7 Å². The molecule has 2 rings (SSSR count). The van der Waals surface area contributed by atoms with Gasteiger partial charge in [-0.3, -0.25) is 10.1 Å². The van der Waals surface area contributed by atoms with Crippen molar-refractivity contribution in [2.45, 2.75) is 13.8 Å². The molecule has 0 saturated heterocycles. The molecule has 0 aliphatic heterocycles. The first-order valence-corrected chi connectivity index (χ1v) is 7.32. The minimum Gasteiger partial charge on any atom is -0.259 e. The van der Waals surface area contributed by atoms with Crippen molar-refractivity contribution in [3.05, 3.63) is 49.6 Å². The van der Waals surface area contributed by atoms with E-state index < -0.39 is 0 Å². The quantitative estimate of drug-likeness (QED) is 0.598. The Labute approximate surface area is 114 Å². The van der Waals surface area contributed by atoms with Crippen LogP contribution in [-0.4, -0.2) is 4.92 Å². The highest BCUT2D eigenvalue weighted by molar-refractivity contribution is 7.15. The van der Waals surface area contributed by atoms with Gasteiger partial charge < -0.3 is 0 Å². The summed E-state index contributed by atoms with van der Waals surface area (Å²) >= 11 is 3.21. The van der Waals surface area contributed by atoms with Crippen molar-refractivity contribution in [3.63, 3.8) is 0 Å². The van der Waals surface area contributed by atoms with Gasteiger partial charge in [-0.1, -0.05) is 19.9 Å². The molecule has 2 heterocycles. The fourth-order valence-electron chi connectivity index (χ4n) is 1.58. The predicted molar refractivity (Wildman–Crippen MR) is 77.4 cm³/mol. The summed E-state index contributed by atoms with van der Waals surface area (Å²) in [5.41, 5.74) is 1.39. The Balaban J connectivity index is 2.30. The van der Waals surface area contributed by atoms with Crippen molar-refractivity contribution >= 4 is 28.7 Å². The SMILES string of the molecule is CC(C)/C(=C/c1cc(-c2cccs2)cs1)[N+](=O)[O-]. The van der Waals surface area contributed by atoms with Crippen molar-refractivity contribution in [1.29, 1.82) is 0 Å². The first-order valence-electron chi connectivity index (χ1n) is 5.56. The Morgan fingerprint density at radius 2 is 2.22 bits per heavy atom. The molecule has 0 radical (unpaired) electrons. The molecule has 0 spiro atoms. The van der Waals surface area contributed by atoms with Gasteiger partial charge in [0.2, 0.25) is 5.70 Å². The summed E-state index contributed by atoms with van der Waals surface area (Å²) < 4.78 is 0. The van der Waals surface area contributed by atoms with Gasteiger partial charge in [-0.25, -0.2) is 0 Å². The monoisotopic (exact) mass is 279 g/mol. The van der Waals surface area contributed by atoms with Gasteiger partial charge in [0.25, 0.3) is 0 Å². The number of thiophene rings is 2. The fraction of sp³-hybridized carbons (Fsp3) is 0.231. The molecule has 0 unspecified atom stereocenters. The van der Waals surface area contributed by atoms with Crippen molar-refractivity contribution in [2.24, 2.45) is 5.92 Å². The summed E-state index contributed by atoms with van der Waals surface area (Å²) in [6.07, 6.45) is 1.67. The fourth-order valence-corrected chi connectivity index (χ4v) is 3.21. The Bertz CT molecular complexity index is 568. The number of allylic oxidation sites excluding steroid dienone is 1. The average Bonchev–Trinajstić information content (AvgIpc) is 2.95. The Kier molecular flexibility index (Phi) is 3.93. The van der Waals surface area contributed by atoms with Crippen molar-refractivity contribution < 1.29 is 4.92 Å². The average molecular weight is 279 g/mol. The standard InChI is InChI=1S/C13H13NO2S2/c1-9(2)12(14(15)16)7-11-6-10(8-18-11)13-4-3-5-17-13/h3-9H,1-2H3/b12-7-. The lowest BCUT2D eigenvalue weighted by atomic mass is 10.1. The molecule has 0 N–H and O–H groups in total. The van der Waals surface area contributed by atoms with Crippen LogP contribution in [0, 0.1) is 16.0 Å². The van der Waals surface area contributed by atoms with Gasteiger partial charge in [0.15, 0.2) is 0 Å². The molecular weight excluding hydrogens is 266 g/mol. The minimum atomic E-state index is -0.296. The lowest BCUT2D eigenvalue weighted by Crippen LogP contribution is -2.04. The smallest absolute Gasteiger partial charge is 0.250 e. The molecule has 18 heavy (non-hydrogen) atoms. The van der Waals surface area contributed by atoms with E-state index >= 15 is 0 Å². The lowest BCUT2D eigenvalue weighted by molar-refractivity contribution is -0.431. The van der Waals surface area contributed by atoms with Crippen LogP contribution in [-0.2, 0) is 0 Å². The summed E-state index contributed by atoms with van der Waals surface area (Å²) in [6, 6.07) is 6.06. The number of hydrogen-bond acceptors (Lipinski definition) is 4. The number of hydrogen-bond donors (Lipinski definition) is 0. The molecule has 0 saturated carbocycles. The van der Waals surface area contributed by atoms with E-state index in [1.165, 1.54) is 16.2 Å². The van der Waals surface area contributed by atoms with E-state index in [-0.39, 0.29) is 16.5 Å². The van der Waals surface area contributed by atoms with Crippen LogP contribution in [0.1, 0.15) is 18.7 Å². The highest BCUT2D eigenvalue weighted by Crippen LogP contribution is 2.30. The zero-order valence-corrected chi connectivity index (χ0v) is 11.8. The van der Waals surface area contributed by atoms with Crippen LogP contribution in [0.25, 0.3) is 16.5 Å². The largest absolute Gasteiger partial charge is 0.259 e.